The number of hydrogen-bond acceptors (Lipinski definition) is 3. The molecule has 0 N–H and O–H groups in total. The Morgan fingerprint density at radius 1 is 0.556 bits per heavy atom. The first kappa shape index (κ1) is 17.3. The molecule has 0 aromatic rings. The second kappa shape index (κ2) is 12.8. The van der Waals surface area contributed by atoms with Crippen LogP contribution in [0.4, 0.5) is 0 Å². The molecule has 1 aliphatic heterocycles. The zero-order valence-electron chi connectivity index (χ0n) is 4.18. The van der Waals surface area contributed by atoms with E-state index in [0.29, 0.717) is 0 Å². The summed E-state index contributed by atoms with van der Waals surface area (Å²) >= 11 is 0. The van der Waals surface area contributed by atoms with Crippen molar-refractivity contribution in [2.45, 2.75) is 0 Å². The van der Waals surface area contributed by atoms with Crippen LogP contribution >= 0.6 is 0 Å². The van der Waals surface area contributed by atoms with Gasteiger partial charge in [0.2, 0.25) is 0 Å². The standard InChI is InChI=1S/B3O3.3W/c1-4-2-6-3-5-1;;;. The van der Waals surface area contributed by atoms with Gasteiger partial charge in [-0.3, -0.25) is 0 Å². The van der Waals surface area contributed by atoms with Crippen LogP contribution in [0.25, 0.3) is 0 Å². The average Bonchev–Trinajstić information content (AvgIpc) is 1.72. The van der Waals surface area contributed by atoms with Crippen molar-refractivity contribution in [1.82, 2.24) is 0 Å². The summed E-state index contributed by atoms with van der Waals surface area (Å²) in [4.78, 5) is 0. The SMILES string of the molecule is [B]1O[B]O[B]O1.[W].[W].[W]. The summed E-state index contributed by atoms with van der Waals surface area (Å²) in [5.74, 6) is 0. The maximum Gasteiger partial charge on any atom is 0.457 e. The van der Waals surface area contributed by atoms with E-state index >= 15 is 0 Å². The van der Waals surface area contributed by atoms with Gasteiger partial charge in [0.1, 0.15) is 0 Å². The van der Waals surface area contributed by atoms with Crippen molar-refractivity contribution >= 4 is 23.1 Å². The molecule has 0 unspecified atom stereocenters. The molecule has 0 aromatic carbocycles. The monoisotopic (exact) mass is 633 g/mol. The molecular weight excluding hydrogens is 632 g/mol. The van der Waals surface area contributed by atoms with Crippen LogP contribution in [0.15, 0.2) is 0 Å². The molecule has 0 spiro atoms. The van der Waals surface area contributed by atoms with Gasteiger partial charge in [-0.05, 0) is 0 Å². The zero-order valence-corrected chi connectivity index (χ0v) is 13.0. The van der Waals surface area contributed by atoms with Crippen molar-refractivity contribution in [2.24, 2.45) is 0 Å². The first-order valence-corrected chi connectivity index (χ1v) is 1.41. The third-order valence-electron chi connectivity index (χ3n) is 0.333. The molecule has 1 saturated heterocycles. The van der Waals surface area contributed by atoms with Crippen molar-refractivity contribution in [1.29, 1.82) is 0 Å². The molecule has 9 heteroatoms. The van der Waals surface area contributed by atoms with E-state index in [-0.39, 0.29) is 63.2 Å². The second-order valence-corrected chi connectivity index (χ2v) is 0.697. The maximum atomic E-state index is 4.34. The van der Waals surface area contributed by atoms with Crippen LogP contribution in [0.2, 0.25) is 0 Å². The zero-order chi connectivity index (χ0) is 4.24. The van der Waals surface area contributed by atoms with Crippen molar-refractivity contribution in [3.05, 3.63) is 0 Å². The van der Waals surface area contributed by atoms with Crippen LogP contribution < -0.4 is 0 Å². The Kier molecular flexibility index (Phi) is 24.6. The van der Waals surface area contributed by atoms with E-state index < -0.39 is 0 Å². The molecule has 0 aliphatic carbocycles. The Morgan fingerprint density at radius 2 is 0.778 bits per heavy atom. The molecule has 0 amide bonds. The van der Waals surface area contributed by atoms with Crippen LogP contribution in [0.5, 0.6) is 0 Å². The summed E-state index contributed by atoms with van der Waals surface area (Å²) in [6.45, 7) is 0. The van der Waals surface area contributed by atoms with Crippen LogP contribution in [0, 0.1) is 0 Å². The molecular formula is B3O3W3. The summed E-state index contributed by atoms with van der Waals surface area (Å²) in [6.07, 6.45) is 0. The number of hydrogen-bond donors (Lipinski definition) is 0. The Morgan fingerprint density at radius 3 is 0.889 bits per heavy atom. The molecule has 9 heavy (non-hydrogen) atoms. The Bertz CT molecular complexity index is 29.8. The molecule has 3 nitrogen and oxygen atoms in total. The minimum atomic E-state index is 0. The van der Waals surface area contributed by atoms with Gasteiger partial charge in [0.15, 0.2) is 0 Å². The summed E-state index contributed by atoms with van der Waals surface area (Å²) in [7, 11) is 3.47. The van der Waals surface area contributed by atoms with Crippen LogP contribution in [0.1, 0.15) is 0 Å². The first-order chi connectivity index (χ1) is 3.00. The molecule has 1 rings (SSSR count). The van der Waals surface area contributed by atoms with Crippen molar-refractivity contribution < 1.29 is 76.9 Å². The van der Waals surface area contributed by atoms with Gasteiger partial charge in [0, 0.05) is 63.2 Å². The predicted molar refractivity (Wildman–Crippen MR) is 20.5 cm³/mol. The van der Waals surface area contributed by atoms with E-state index in [0.717, 1.165) is 23.1 Å². The molecule has 0 saturated carbocycles. The van der Waals surface area contributed by atoms with Gasteiger partial charge in [-0.15, -0.1) is 0 Å². The van der Waals surface area contributed by atoms with E-state index in [1.54, 1.807) is 0 Å². The minimum absolute atomic E-state index is 0. The van der Waals surface area contributed by atoms with Crippen molar-refractivity contribution in [2.75, 3.05) is 0 Å². The largest absolute Gasteiger partial charge is 0.457 e. The quantitative estimate of drug-likeness (QED) is 0.310. The molecule has 1 heterocycles. The Hall–Kier alpha value is 2.14. The normalized spacial score (nSPS) is 13.3. The first-order valence-electron chi connectivity index (χ1n) is 1.41. The smallest absolute Gasteiger partial charge is 0.457 e. The van der Waals surface area contributed by atoms with E-state index in [1.807, 2.05) is 0 Å². The van der Waals surface area contributed by atoms with E-state index in [4.69, 9.17) is 0 Å². The summed E-state index contributed by atoms with van der Waals surface area (Å²) in [6, 6.07) is 0. The third kappa shape index (κ3) is 10.1. The summed E-state index contributed by atoms with van der Waals surface area (Å²) in [5.41, 5.74) is 0. The van der Waals surface area contributed by atoms with E-state index in [9.17, 15) is 0 Å². The number of rotatable bonds is 0. The summed E-state index contributed by atoms with van der Waals surface area (Å²) in [5, 5.41) is 0. The van der Waals surface area contributed by atoms with Gasteiger partial charge in [-0.2, -0.15) is 0 Å². The van der Waals surface area contributed by atoms with Crippen LogP contribution in [-0.2, 0) is 76.9 Å². The van der Waals surface area contributed by atoms with Gasteiger partial charge < -0.3 is 13.7 Å². The molecule has 45 valence electrons. The molecule has 0 atom stereocenters. The third-order valence-corrected chi connectivity index (χ3v) is 0.333. The van der Waals surface area contributed by atoms with Crippen LogP contribution in [0.3, 0.4) is 0 Å². The maximum absolute atomic E-state index is 4.34. The van der Waals surface area contributed by atoms with E-state index in [1.165, 1.54) is 0 Å². The fourth-order valence-electron chi connectivity index (χ4n) is 0.164. The average molecular weight is 632 g/mol. The second-order valence-electron chi connectivity index (χ2n) is 0.697. The van der Waals surface area contributed by atoms with Crippen molar-refractivity contribution in [3.8, 4) is 0 Å². The predicted octanol–water partition coefficient (Wildman–Crippen LogP) is -1.36. The van der Waals surface area contributed by atoms with Crippen molar-refractivity contribution in [3.63, 3.8) is 0 Å². The molecule has 0 aromatic heterocycles. The van der Waals surface area contributed by atoms with Gasteiger partial charge in [-0.1, -0.05) is 0 Å². The Balaban J connectivity index is -0.000000120. The van der Waals surface area contributed by atoms with Gasteiger partial charge in [-0.25, -0.2) is 0 Å². The summed E-state index contributed by atoms with van der Waals surface area (Å²) < 4.78 is 13.0. The fourth-order valence-corrected chi connectivity index (χ4v) is 0.164. The molecule has 0 bridgehead atoms. The molecule has 3 radical (unpaired) electrons. The van der Waals surface area contributed by atoms with Gasteiger partial charge in [0.05, 0.1) is 0 Å². The minimum Gasteiger partial charge on any atom is -0.457 e. The van der Waals surface area contributed by atoms with Gasteiger partial charge in [0.25, 0.3) is 0 Å². The van der Waals surface area contributed by atoms with E-state index in [2.05, 4.69) is 13.7 Å². The van der Waals surface area contributed by atoms with Crippen LogP contribution in [-0.4, -0.2) is 23.1 Å². The molecule has 1 fully saturated rings. The fraction of sp³-hybridized carbons (Fsp3) is 0. The Labute approximate surface area is 99.0 Å². The molecule has 1 aliphatic rings. The topological polar surface area (TPSA) is 27.7 Å². The van der Waals surface area contributed by atoms with Gasteiger partial charge >= 0.3 is 23.1 Å².